The number of carbonyl (C=O) groups is 1. The predicted molar refractivity (Wildman–Crippen MR) is 45.3 cm³/mol. The molecule has 0 radical (unpaired) electrons. The number of primary amides is 1. The molecule has 0 bridgehead atoms. The molecule has 0 spiro atoms. The van der Waals surface area contributed by atoms with E-state index in [1.165, 1.54) is 14.2 Å². The molecule has 0 aromatic rings. The van der Waals surface area contributed by atoms with E-state index in [0.717, 1.165) is 0 Å². The minimum absolute atomic E-state index is 0.131. The fraction of sp³-hybridized carbons (Fsp3) is 0.500. The number of hydrogen-bond donors (Lipinski definition) is 1. The molecule has 0 fully saturated rings. The van der Waals surface area contributed by atoms with Gasteiger partial charge in [-0.15, -0.1) is 0 Å². The molecule has 0 aliphatic carbocycles. The van der Waals surface area contributed by atoms with Crippen LogP contribution in [-0.4, -0.2) is 26.4 Å². The third-order valence-corrected chi connectivity index (χ3v) is 1.53. The van der Waals surface area contributed by atoms with Crippen LogP contribution in [0.2, 0.25) is 0 Å². The Morgan fingerprint density at radius 3 is 2.15 bits per heavy atom. The molecular weight excluding hydrogens is 173 g/mol. The number of ether oxygens (including phenoxy) is 2. The summed E-state index contributed by atoms with van der Waals surface area (Å²) >= 11 is 0. The highest BCUT2D eigenvalue weighted by molar-refractivity contribution is 5.96. The molecule has 5 heteroatoms. The monoisotopic (exact) mass is 185 g/mol. The van der Waals surface area contributed by atoms with Crippen molar-refractivity contribution in [3.05, 3.63) is 11.1 Å². The zero-order valence-electron chi connectivity index (χ0n) is 7.83. The maximum atomic E-state index is 10.7. The first-order valence-corrected chi connectivity index (χ1v) is 3.54. The molecule has 5 nitrogen and oxygen atoms in total. The van der Waals surface area contributed by atoms with Crippen LogP contribution in [0.3, 0.4) is 0 Å². The predicted octanol–water partition coefficient (Wildman–Crippen LogP) is -0.0693. The fourth-order valence-corrected chi connectivity index (χ4v) is 0.905. The highest BCUT2D eigenvalue weighted by Crippen LogP contribution is 2.11. The van der Waals surface area contributed by atoms with Crippen LogP contribution in [0.4, 0.5) is 0 Å². The summed E-state index contributed by atoms with van der Waals surface area (Å²) < 4.78 is 9.71. The summed E-state index contributed by atoms with van der Waals surface area (Å²) in [5, 5.41) is 8.59. The normalized spacial score (nSPS) is 12.2. The highest BCUT2D eigenvalue weighted by Gasteiger charge is 2.16. The Labute approximate surface area is 76.7 Å². The Bertz CT molecular complexity index is 261. The number of rotatable bonds is 4. The van der Waals surface area contributed by atoms with Crippen LogP contribution in [0.25, 0.3) is 0 Å². The minimum atomic E-state index is -0.779. The van der Waals surface area contributed by atoms with Crippen LogP contribution >= 0.6 is 0 Å². The van der Waals surface area contributed by atoms with Crippen molar-refractivity contribution in [1.82, 2.24) is 0 Å². The summed E-state index contributed by atoms with van der Waals surface area (Å²) in [6.07, 6.45) is -0.706. The van der Waals surface area contributed by atoms with E-state index in [1.807, 2.05) is 0 Å². The Kier molecular flexibility index (Phi) is 4.74. The average molecular weight is 185 g/mol. The Morgan fingerprint density at radius 1 is 1.46 bits per heavy atom. The van der Waals surface area contributed by atoms with Gasteiger partial charge in [-0.2, -0.15) is 5.26 Å². The lowest BCUT2D eigenvalue weighted by Gasteiger charge is -2.14. The first-order chi connectivity index (χ1) is 6.08. The molecule has 0 aromatic heterocycles. The molecule has 1 amide bonds. The van der Waals surface area contributed by atoms with Crippen molar-refractivity contribution < 1.29 is 14.3 Å². The molecule has 0 unspecified atom stereocenters. The van der Waals surface area contributed by atoms with Crippen molar-refractivity contribution in [3.63, 3.8) is 0 Å². The Hall–Kier alpha value is -1.38. The smallest absolute Gasteiger partial charge is 0.259 e. The van der Waals surface area contributed by atoms with Gasteiger partial charge < -0.3 is 15.2 Å². The molecule has 0 rings (SSSR count). The van der Waals surface area contributed by atoms with E-state index in [1.54, 1.807) is 13.0 Å². The number of hydrogen-bond acceptors (Lipinski definition) is 4. The molecule has 0 atom stereocenters. The van der Waals surface area contributed by atoms with Crippen molar-refractivity contribution in [1.29, 1.82) is 5.26 Å². The van der Waals surface area contributed by atoms with Crippen LogP contribution in [-0.2, 0) is 14.3 Å². The molecule has 0 aliphatic rings. The van der Waals surface area contributed by atoms with Crippen molar-refractivity contribution in [2.75, 3.05) is 14.2 Å². The van der Waals surface area contributed by atoms with Gasteiger partial charge in [-0.1, -0.05) is 0 Å². The van der Waals surface area contributed by atoms with Crippen LogP contribution in [0.15, 0.2) is 11.1 Å². The number of nitrogens with two attached hydrogens (primary N) is 1. The number of nitriles is 1. The van der Waals surface area contributed by atoms with E-state index in [0.29, 0.717) is 5.57 Å². The van der Waals surface area contributed by atoms with Crippen LogP contribution in [0.1, 0.15) is 6.92 Å². The third-order valence-electron chi connectivity index (χ3n) is 1.53. The third kappa shape index (κ3) is 2.86. The van der Waals surface area contributed by atoms with Gasteiger partial charge in [0.1, 0.15) is 11.6 Å². The van der Waals surface area contributed by atoms with E-state index in [9.17, 15) is 4.79 Å². The van der Waals surface area contributed by atoms with Gasteiger partial charge in [0.25, 0.3) is 5.91 Å². The second-order valence-electron chi connectivity index (χ2n) is 2.34. The van der Waals surface area contributed by atoms with Gasteiger partial charge >= 0.3 is 0 Å². The quantitative estimate of drug-likeness (QED) is 0.287. The van der Waals surface area contributed by atoms with Gasteiger partial charge in [0.05, 0.1) is 0 Å². The fourth-order valence-electron chi connectivity index (χ4n) is 0.905. The molecule has 0 saturated carbocycles. The molecule has 2 N–H and O–H groups in total. The Balaban J connectivity index is 4.96. The van der Waals surface area contributed by atoms with E-state index in [2.05, 4.69) is 0 Å². The van der Waals surface area contributed by atoms with Crippen LogP contribution < -0.4 is 5.73 Å². The minimum Gasteiger partial charge on any atom is -0.365 e. The van der Waals surface area contributed by atoms with E-state index in [4.69, 9.17) is 20.5 Å². The molecule has 0 aliphatic heterocycles. The molecule has 13 heavy (non-hydrogen) atoms. The van der Waals surface area contributed by atoms with E-state index >= 15 is 0 Å². The zero-order valence-corrected chi connectivity index (χ0v) is 7.83. The SMILES string of the molecule is COC(OC)/C(C)=[13C](/C#N)C(N)=O. The summed E-state index contributed by atoms with van der Waals surface area (Å²) in [7, 11) is 2.82. The second-order valence-corrected chi connectivity index (χ2v) is 2.34. The number of nitrogens with zero attached hydrogens (tertiary/aromatic N) is 1. The lowest BCUT2D eigenvalue weighted by Crippen LogP contribution is -2.21. The summed E-state index contributed by atoms with van der Waals surface area (Å²) in [6.45, 7) is 1.56. The zero-order chi connectivity index (χ0) is 10.4. The summed E-state index contributed by atoms with van der Waals surface area (Å²) in [6, 6.07) is 1.70. The number of carbonyl (C=O) groups excluding carboxylic acids is 1. The lowest BCUT2D eigenvalue weighted by molar-refractivity contribution is -0.114. The molecule has 72 valence electrons. The largest absolute Gasteiger partial charge is 0.365 e. The average Bonchev–Trinajstić information content (AvgIpc) is 2.07. The Morgan fingerprint density at radius 2 is 1.92 bits per heavy atom. The van der Waals surface area contributed by atoms with Gasteiger partial charge in [-0.3, -0.25) is 4.79 Å². The van der Waals surface area contributed by atoms with Crippen molar-refractivity contribution >= 4 is 5.91 Å². The summed E-state index contributed by atoms with van der Waals surface area (Å²) in [5.41, 5.74) is 5.21. The van der Waals surface area contributed by atoms with Crippen molar-refractivity contribution in [2.24, 2.45) is 5.73 Å². The van der Waals surface area contributed by atoms with Gasteiger partial charge in [0.15, 0.2) is 6.29 Å². The highest BCUT2D eigenvalue weighted by atomic mass is 16.7. The van der Waals surface area contributed by atoms with Crippen LogP contribution in [0, 0.1) is 11.3 Å². The van der Waals surface area contributed by atoms with Crippen molar-refractivity contribution in [3.8, 4) is 6.07 Å². The topological polar surface area (TPSA) is 85.3 Å². The van der Waals surface area contributed by atoms with Gasteiger partial charge in [-0.05, 0) is 6.92 Å². The summed E-state index contributed by atoms with van der Waals surface area (Å²) in [5.74, 6) is -0.779. The molecule has 0 heterocycles. The van der Waals surface area contributed by atoms with Gasteiger partial charge in [-0.25, -0.2) is 0 Å². The lowest BCUT2D eigenvalue weighted by atomic mass is 10.3. The number of methoxy groups -OCH3 is 2. The maximum Gasteiger partial charge on any atom is 0.259 e. The molecule has 0 saturated heterocycles. The van der Waals surface area contributed by atoms with Gasteiger partial charge in [0, 0.05) is 19.8 Å². The number of amides is 1. The van der Waals surface area contributed by atoms with E-state index in [-0.39, 0.29) is 5.57 Å². The standard InChI is InChI=1S/C8H12N2O3/c1-5(8(12-2)13-3)6(4-9)7(10)11/h8H,1-3H3,(H2,10,11)/b6-5-/i6+1. The van der Waals surface area contributed by atoms with E-state index < -0.39 is 12.2 Å². The van der Waals surface area contributed by atoms with Gasteiger partial charge in [0.2, 0.25) is 0 Å². The molecule has 0 aromatic carbocycles. The van der Waals surface area contributed by atoms with Crippen molar-refractivity contribution in [2.45, 2.75) is 13.2 Å². The maximum absolute atomic E-state index is 10.7. The molecular formula is C8H12N2O3. The first kappa shape index (κ1) is 11.6. The van der Waals surface area contributed by atoms with Crippen LogP contribution in [0.5, 0.6) is 0 Å². The second kappa shape index (κ2) is 5.30. The first-order valence-electron chi connectivity index (χ1n) is 3.54. The summed E-state index contributed by atoms with van der Waals surface area (Å²) in [4.78, 5) is 10.7.